The molecule has 206 valence electrons. The number of pyridine rings is 1. The molecule has 0 N–H and O–H groups in total. The van der Waals surface area contributed by atoms with Gasteiger partial charge >= 0.3 is 0 Å². The second-order valence-corrected chi connectivity index (χ2v) is 10.5. The number of ether oxygens (including phenoxy) is 1. The van der Waals surface area contributed by atoms with Gasteiger partial charge in [-0.25, -0.2) is 4.57 Å². The van der Waals surface area contributed by atoms with Crippen molar-refractivity contribution in [2.45, 2.75) is 131 Å². The molecule has 37 heavy (non-hydrogen) atoms. The quantitative estimate of drug-likeness (QED) is 0.132. The summed E-state index contributed by atoms with van der Waals surface area (Å²) in [5.41, 5.74) is 3.13. The van der Waals surface area contributed by atoms with E-state index in [1.807, 2.05) is 29.2 Å². The van der Waals surface area contributed by atoms with Crippen LogP contribution in [0.25, 0.3) is 0 Å². The Kier molecular flexibility index (Phi) is 15.7. The van der Waals surface area contributed by atoms with Gasteiger partial charge < -0.3 is 9.64 Å². The highest BCUT2D eigenvalue weighted by Crippen LogP contribution is 2.26. The lowest BCUT2D eigenvalue weighted by Crippen LogP contribution is -2.41. The number of nitrogens with zero attached hydrogens (tertiary/aromatic N) is 2. The third kappa shape index (κ3) is 12.2. The van der Waals surface area contributed by atoms with Crippen molar-refractivity contribution < 1.29 is 14.1 Å². The predicted molar refractivity (Wildman–Crippen MR) is 156 cm³/mol. The van der Waals surface area contributed by atoms with E-state index in [1.165, 1.54) is 83.5 Å². The molecule has 1 heterocycles. The third-order valence-corrected chi connectivity index (χ3v) is 7.30. The normalized spacial score (nSPS) is 11.0. The van der Waals surface area contributed by atoms with E-state index in [4.69, 9.17) is 4.74 Å². The smallest absolute Gasteiger partial charge is 0.224 e. The van der Waals surface area contributed by atoms with E-state index >= 15 is 0 Å². The van der Waals surface area contributed by atoms with Gasteiger partial charge in [0.05, 0.1) is 6.61 Å². The average molecular weight is 510 g/mol. The molecule has 0 saturated carbocycles. The predicted octanol–water partition coefficient (Wildman–Crippen LogP) is 8.72. The number of benzene rings is 1. The van der Waals surface area contributed by atoms with Crippen LogP contribution < -0.4 is 14.2 Å². The van der Waals surface area contributed by atoms with Gasteiger partial charge in [-0.05, 0) is 44.0 Å². The number of carbonyl (C=O) groups is 1. The Morgan fingerprint density at radius 3 is 1.95 bits per heavy atom. The largest absolute Gasteiger partial charge is 0.494 e. The fourth-order valence-corrected chi connectivity index (χ4v) is 5.00. The summed E-state index contributed by atoms with van der Waals surface area (Å²) in [7, 11) is 0. The number of aryl methyl sites for hydroxylation is 2. The molecule has 0 radical (unpaired) electrons. The first-order chi connectivity index (χ1) is 18.1. The Bertz CT molecular complexity index is 896. The topological polar surface area (TPSA) is 33.4 Å². The lowest BCUT2D eigenvalue weighted by atomic mass is 10.0. The molecule has 4 heteroatoms. The molecule has 0 spiro atoms. The van der Waals surface area contributed by atoms with Crippen LogP contribution in [-0.2, 0) is 17.9 Å². The van der Waals surface area contributed by atoms with E-state index < -0.39 is 0 Å². The lowest BCUT2D eigenvalue weighted by molar-refractivity contribution is -0.700. The lowest BCUT2D eigenvalue weighted by Gasteiger charge is -2.22. The SMILES string of the molecule is CCCCCCCCCCCCCCCCOc1ccc(N(Cc2cccc[n+]2CC)C(C)=O)c(C)c1. The first-order valence-electron chi connectivity index (χ1n) is 15.1. The van der Waals surface area contributed by atoms with Gasteiger partial charge in [-0.1, -0.05) is 96.5 Å². The third-order valence-electron chi connectivity index (χ3n) is 7.30. The van der Waals surface area contributed by atoms with E-state index in [1.54, 1.807) is 6.92 Å². The number of amides is 1. The van der Waals surface area contributed by atoms with Gasteiger partial charge in [0.2, 0.25) is 11.6 Å². The van der Waals surface area contributed by atoms with Crippen molar-refractivity contribution in [1.82, 2.24) is 0 Å². The van der Waals surface area contributed by atoms with E-state index in [0.717, 1.165) is 42.3 Å². The van der Waals surface area contributed by atoms with Gasteiger partial charge in [0, 0.05) is 24.7 Å². The molecule has 1 amide bonds. The summed E-state index contributed by atoms with van der Waals surface area (Å²) >= 11 is 0. The second-order valence-electron chi connectivity index (χ2n) is 10.5. The minimum absolute atomic E-state index is 0.0469. The van der Waals surface area contributed by atoms with Crippen LogP contribution in [-0.4, -0.2) is 12.5 Å². The summed E-state index contributed by atoms with van der Waals surface area (Å²) in [5.74, 6) is 0.938. The minimum Gasteiger partial charge on any atom is -0.494 e. The number of hydrogen-bond acceptors (Lipinski definition) is 2. The summed E-state index contributed by atoms with van der Waals surface area (Å²) in [6, 6.07) is 12.2. The number of anilines is 1. The minimum atomic E-state index is 0.0469. The fraction of sp³-hybridized carbons (Fsp3) is 0.636. The van der Waals surface area contributed by atoms with Crippen molar-refractivity contribution in [3.8, 4) is 5.75 Å². The maximum absolute atomic E-state index is 12.5. The molecule has 0 unspecified atom stereocenters. The molecule has 2 rings (SSSR count). The van der Waals surface area contributed by atoms with Gasteiger partial charge in [0.25, 0.3) is 0 Å². The summed E-state index contributed by atoms with van der Waals surface area (Å²) in [4.78, 5) is 14.4. The second kappa shape index (κ2) is 18.8. The van der Waals surface area contributed by atoms with Crippen molar-refractivity contribution in [2.24, 2.45) is 0 Å². The van der Waals surface area contributed by atoms with Gasteiger partial charge in [-0.2, -0.15) is 0 Å². The van der Waals surface area contributed by atoms with Crippen LogP contribution in [0.2, 0.25) is 0 Å². The molecule has 1 aromatic heterocycles. The first kappa shape index (κ1) is 30.9. The molecule has 1 aromatic carbocycles. The fourth-order valence-electron chi connectivity index (χ4n) is 5.00. The molecule has 0 fully saturated rings. The Labute approximate surface area is 227 Å². The van der Waals surface area contributed by atoms with Crippen molar-refractivity contribution in [2.75, 3.05) is 11.5 Å². The molecule has 4 nitrogen and oxygen atoms in total. The molecule has 0 atom stereocenters. The highest BCUT2D eigenvalue weighted by molar-refractivity contribution is 5.92. The van der Waals surface area contributed by atoms with Gasteiger partial charge in [-0.15, -0.1) is 0 Å². The van der Waals surface area contributed by atoms with E-state index in [-0.39, 0.29) is 5.91 Å². The van der Waals surface area contributed by atoms with E-state index in [0.29, 0.717) is 6.54 Å². The molecular formula is C33H53N2O2+. The monoisotopic (exact) mass is 509 g/mol. The molecular weight excluding hydrogens is 456 g/mol. The van der Waals surface area contributed by atoms with E-state index in [2.05, 4.69) is 43.7 Å². The number of aromatic nitrogens is 1. The maximum Gasteiger partial charge on any atom is 0.224 e. The number of carbonyl (C=O) groups excluding carboxylic acids is 1. The van der Waals surface area contributed by atoms with Crippen molar-refractivity contribution in [3.63, 3.8) is 0 Å². The zero-order valence-corrected chi connectivity index (χ0v) is 24.3. The van der Waals surface area contributed by atoms with Crippen LogP contribution in [0.4, 0.5) is 5.69 Å². The zero-order valence-electron chi connectivity index (χ0n) is 24.3. The molecule has 0 aliphatic heterocycles. The molecule has 2 aromatic rings. The number of unbranched alkanes of at least 4 members (excludes halogenated alkanes) is 13. The average Bonchev–Trinajstić information content (AvgIpc) is 2.90. The molecule has 0 bridgehead atoms. The van der Waals surface area contributed by atoms with Crippen molar-refractivity contribution >= 4 is 11.6 Å². The Morgan fingerprint density at radius 2 is 1.41 bits per heavy atom. The van der Waals surface area contributed by atoms with Crippen LogP contribution in [0.15, 0.2) is 42.6 Å². The summed E-state index contributed by atoms with van der Waals surface area (Å²) in [5, 5.41) is 0. The van der Waals surface area contributed by atoms with E-state index in [9.17, 15) is 4.79 Å². The highest BCUT2D eigenvalue weighted by atomic mass is 16.5. The number of hydrogen-bond donors (Lipinski definition) is 0. The highest BCUT2D eigenvalue weighted by Gasteiger charge is 2.19. The number of rotatable bonds is 20. The van der Waals surface area contributed by atoms with Crippen LogP contribution >= 0.6 is 0 Å². The standard InChI is InChI=1S/C33H53N2O2/c1-5-7-8-9-10-11-12-13-14-15-16-17-18-21-26-37-32-23-24-33(29(3)27-32)35(30(4)36)28-31-22-19-20-25-34(31)6-2/h19-20,22-25,27H,5-18,21,26,28H2,1-4H3/q+1. The Balaban J connectivity index is 1.63. The van der Waals surface area contributed by atoms with Gasteiger partial charge in [-0.3, -0.25) is 4.79 Å². The van der Waals surface area contributed by atoms with Crippen molar-refractivity contribution in [1.29, 1.82) is 0 Å². The molecule has 0 aliphatic carbocycles. The molecule has 0 saturated heterocycles. The first-order valence-corrected chi connectivity index (χ1v) is 15.1. The Hall–Kier alpha value is -2.36. The van der Waals surface area contributed by atoms with Crippen LogP contribution in [0.1, 0.15) is 122 Å². The van der Waals surface area contributed by atoms with Crippen LogP contribution in [0.5, 0.6) is 5.75 Å². The Morgan fingerprint density at radius 1 is 0.811 bits per heavy atom. The van der Waals surface area contributed by atoms with Crippen LogP contribution in [0, 0.1) is 6.92 Å². The van der Waals surface area contributed by atoms with Gasteiger partial charge in [0.15, 0.2) is 6.20 Å². The maximum atomic E-state index is 12.5. The summed E-state index contributed by atoms with van der Waals surface area (Å²) in [6.07, 6.45) is 21.2. The zero-order chi connectivity index (χ0) is 26.7. The van der Waals surface area contributed by atoms with Crippen LogP contribution in [0.3, 0.4) is 0 Å². The van der Waals surface area contributed by atoms with Crippen molar-refractivity contribution in [3.05, 3.63) is 53.9 Å². The summed E-state index contributed by atoms with van der Waals surface area (Å²) in [6.45, 7) is 10.3. The summed E-state index contributed by atoms with van der Waals surface area (Å²) < 4.78 is 8.22. The molecule has 0 aliphatic rings. The van der Waals surface area contributed by atoms with Gasteiger partial charge in [0.1, 0.15) is 18.8 Å².